The summed E-state index contributed by atoms with van der Waals surface area (Å²) in [4.78, 5) is 34.4. The molecule has 0 aliphatic carbocycles. The first-order chi connectivity index (χ1) is 9.58. The van der Waals surface area contributed by atoms with Crippen molar-refractivity contribution in [2.45, 2.75) is 6.07 Å². The van der Waals surface area contributed by atoms with Crippen LogP contribution >= 0.6 is 0 Å². The molecule has 1 aliphatic heterocycles. The molecule has 1 saturated heterocycles. The second-order valence-electron chi connectivity index (χ2n) is 4.08. The van der Waals surface area contributed by atoms with Gasteiger partial charge in [-0.2, -0.15) is 0 Å². The first kappa shape index (κ1) is 14.2. The second-order valence-corrected chi connectivity index (χ2v) is 4.08. The van der Waals surface area contributed by atoms with E-state index < -0.39 is 30.9 Å². The third kappa shape index (κ3) is 3.42. The highest BCUT2D eigenvalue weighted by Crippen LogP contribution is 2.12. The van der Waals surface area contributed by atoms with Crippen molar-refractivity contribution in [2.24, 2.45) is 0 Å². The summed E-state index contributed by atoms with van der Waals surface area (Å²) in [6.07, 6.45) is -2.26. The number of alkyl halides is 1. The summed E-state index contributed by atoms with van der Waals surface area (Å²) < 4.78 is 23.4. The lowest BCUT2D eigenvalue weighted by atomic mass is 9.77. The number of benzene rings is 1. The number of rotatable bonds is 3. The van der Waals surface area contributed by atoms with Crippen LogP contribution in [0.15, 0.2) is 30.3 Å². The van der Waals surface area contributed by atoms with Crippen molar-refractivity contribution in [1.29, 1.82) is 0 Å². The Labute approximate surface area is 114 Å². The molecule has 104 valence electrons. The van der Waals surface area contributed by atoms with Crippen molar-refractivity contribution in [1.82, 2.24) is 5.32 Å². The molecule has 1 atom stereocenters. The summed E-state index contributed by atoms with van der Waals surface area (Å²) in [5.41, 5.74) is 0.104. The van der Waals surface area contributed by atoms with Gasteiger partial charge in [0.15, 0.2) is 5.78 Å². The molecule has 0 spiro atoms. The predicted octanol–water partition coefficient (Wildman–Crippen LogP) is -0.0756. The highest BCUT2D eigenvalue weighted by Gasteiger charge is 2.44. The third-order valence-corrected chi connectivity index (χ3v) is 2.58. The number of carbonyl (C=O) groups is 3. The molecule has 1 fully saturated rings. The Morgan fingerprint density at radius 3 is 2.25 bits per heavy atom. The molecule has 8 heteroatoms. The number of carbonyl (C=O) groups excluding carboxylic acids is 3. The summed E-state index contributed by atoms with van der Waals surface area (Å²) in [5.74, 6) is -2.51. The van der Waals surface area contributed by atoms with Gasteiger partial charge >= 0.3 is 19.1 Å². The minimum Gasteiger partial charge on any atom is -0.496 e. The van der Waals surface area contributed by atoms with E-state index in [1.165, 1.54) is 12.1 Å². The van der Waals surface area contributed by atoms with Crippen molar-refractivity contribution in [2.75, 3.05) is 13.1 Å². The first-order valence-corrected chi connectivity index (χ1v) is 5.91. The quantitative estimate of drug-likeness (QED) is 0.616. The maximum Gasteiger partial charge on any atom is 0.644 e. The molecule has 2 rings (SSSR count). The van der Waals surface area contributed by atoms with Crippen LogP contribution in [-0.4, -0.2) is 44.0 Å². The Morgan fingerprint density at radius 1 is 1.15 bits per heavy atom. The van der Waals surface area contributed by atoms with E-state index in [-0.39, 0.29) is 18.7 Å². The molecule has 1 aromatic carbocycles. The number of nitrogens with one attached hydrogen (secondary N) is 1. The van der Waals surface area contributed by atoms with Crippen molar-refractivity contribution in [3.8, 4) is 0 Å². The highest BCUT2D eigenvalue weighted by molar-refractivity contribution is 6.56. The SMILES string of the molecule is O=C1CNCC(=O)OB(C(F)C(=O)c2ccccc2)O1. The van der Waals surface area contributed by atoms with Crippen LogP contribution in [0.2, 0.25) is 0 Å². The Hall–Kier alpha value is -2.22. The number of hydrogen-bond donors (Lipinski definition) is 1. The van der Waals surface area contributed by atoms with Gasteiger partial charge in [0.1, 0.15) is 0 Å². The smallest absolute Gasteiger partial charge is 0.496 e. The Kier molecular flexibility index (Phi) is 4.47. The van der Waals surface area contributed by atoms with Gasteiger partial charge in [-0.25, -0.2) is 4.39 Å². The van der Waals surface area contributed by atoms with Gasteiger partial charge in [0.05, 0.1) is 13.1 Å². The van der Waals surface area contributed by atoms with Crippen LogP contribution in [0, 0.1) is 0 Å². The molecule has 1 N–H and O–H groups in total. The Balaban J connectivity index is 2.12. The average Bonchev–Trinajstić information content (AvgIpc) is 2.44. The molecule has 1 aromatic rings. The van der Waals surface area contributed by atoms with Gasteiger partial charge in [0, 0.05) is 5.56 Å². The summed E-state index contributed by atoms with van der Waals surface area (Å²) in [7, 11) is -1.86. The Bertz CT molecular complexity index is 506. The lowest BCUT2D eigenvalue weighted by Crippen LogP contribution is -2.48. The molecule has 1 aliphatic rings. The van der Waals surface area contributed by atoms with E-state index in [9.17, 15) is 18.8 Å². The monoisotopic (exact) mass is 279 g/mol. The fourth-order valence-corrected chi connectivity index (χ4v) is 1.64. The molecule has 0 saturated carbocycles. The van der Waals surface area contributed by atoms with E-state index >= 15 is 0 Å². The van der Waals surface area contributed by atoms with E-state index in [0.29, 0.717) is 0 Å². The van der Waals surface area contributed by atoms with Crippen LogP contribution in [0.5, 0.6) is 0 Å². The summed E-state index contributed by atoms with van der Waals surface area (Å²) >= 11 is 0. The number of halogens is 1. The van der Waals surface area contributed by atoms with Crippen LogP contribution < -0.4 is 5.32 Å². The lowest BCUT2D eigenvalue weighted by Gasteiger charge is -2.19. The number of ketones is 1. The van der Waals surface area contributed by atoms with Crippen molar-refractivity contribution < 1.29 is 28.1 Å². The van der Waals surface area contributed by atoms with Gasteiger partial charge in [0.2, 0.25) is 6.07 Å². The zero-order chi connectivity index (χ0) is 14.5. The van der Waals surface area contributed by atoms with Crippen LogP contribution in [0.25, 0.3) is 0 Å². The molecule has 1 heterocycles. The second kappa shape index (κ2) is 6.29. The van der Waals surface area contributed by atoms with Crippen molar-refractivity contribution in [3.63, 3.8) is 0 Å². The molecule has 6 nitrogen and oxygen atoms in total. The third-order valence-electron chi connectivity index (χ3n) is 2.58. The van der Waals surface area contributed by atoms with Gasteiger partial charge in [-0.05, 0) is 0 Å². The molecule has 0 aromatic heterocycles. The number of hydrogen-bond acceptors (Lipinski definition) is 6. The normalized spacial score (nSPS) is 17.6. The lowest BCUT2D eigenvalue weighted by molar-refractivity contribution is -0.142. The maximum atomic E-state index is 14.1. The topological polar surface area (TPSA) is 81.7 Å². The number of Topliss-reactive ketones (excluding diaryl/α,β-unsaturated/α-hetero) is 1. The molecule has 0 radical (unpaired) electrons. The predicted molar refractivity (Wildman–Crippen MR) is 66.5 cm³/mol. The van der Waals surface area contributed by atoms with Gasteiger partial charge in [0.25, 0.3) is 0 Å². The van der Waals surface area contributed by atoms with E-state index in [1.54, 1.807) is 18.2 Å². The molecule has 20 heavy (non-hydrogen) atoms. The van der Waals surface area contributed by atoms with Gasteiger partial charge in [-0.1, -0.05) is 30.3 Å². The summed E-state index contributed by atoms with van der Waals surface area (Å²) in [6.45, 7) is -0.504. The fourth-order valence-electron chi connectivity index (χ4n) is 1.64. The molecule has 0 bridgehead atoms. The van der Waals surface area contributed by atoms with Gasteiger partial charge in [-0.3, -0.25) is 19.7 Å². The van der Waals surface area contributed by atoms with Crippen molar-refractivity contribution in [3.05, 3.63) is 35.9 Å². The highest BCUT2D eigenvalue weighted by atomic mass is 19.1. The zero-order valence-electron chi connectivity index (χ0n) is 10.4. The fraction of sp³-hybridized carbons (Fsp3) is 0.250. The van der Waals surface area contributed by atoms with Crippen LogP contribution in [-0.2, 0) is 18.9 Å². The van der Waals surface area contributed by atoms with Crippen LogP contribution in [0.4, 0.5) is 4.39 Å². The first-order valence-electron chi connectivity index (χ1n) is 5.91. The molecule has 1 unspecified atom stereocenters. The maximum absolute atomic E-state index is 14.1. The van der Waals surface area contributed by atoms with E-state index in [4.69, 9.17) is 0 Å². The molecule has 0 amide bonds. The summed E-state index contributed by atoms with van der Waals surface area (Å²) in [6, 6.07) is 7.65. The van der Waals surface area contributed by atoms with Gasteiger partial charge in [-0.15, -0.1) is 0 Å². The van der Waals surface area contributed by atoms with Crippen molar-refractivity contribution >= 4 is 24.8 Å². The largest absolute Gasteiger partial charge is 0.644 e. The van der Waals surface area contributed by atoms with E-state index in [0.717, 1.165) is 0 Å². The minimum absolute atomic E-state index is 0.104. The van der Waals surface area contributed by atoms with Crippen LogP contribution in [0.3, 0.4) is 0 Å². The van der Waals surface area contributed by atoms with Gasteiger partial charge < -0.3 is 9.31 Å². The zero-order valence-corrected chi connectivity index (χ0v) is 10.4. The minimum atomic E-state index is -2.26. The Morgan fingerprint density at radius 2 is 1.70 bits per heavy atom. The molecular formula is C12H11BFNO5. The van der Waals surface area contributed by atoms with E-state index in [2.05, 4.69) is 14.6 Å². The standard InChI is InChI=1S/C12H11BFNO5/c14-12(11(18)8-4-2-1-3-5-8)13-19-9(16)6-15-7-10(17)20-13/h1-5,12,15H,6-7H2. The van der Waals surface area contributed by atoms with Crippen LogP contribution in [0.1, 0.15) is 10.4 Å². The van der Waals surface area contributed by atoms with E-state index in [1.807, 2.05) is 0 Å². The molecular weight excluding hydrogens is 268 g/mol. The average molecular weight is 279 g/mol. The summed E-state index contributed by atoms with van der Waals surface area (Å²) in [5, 5.41) is 2.45.